The summed E-state index contributed by atoms with van der Waals surface area (Å²) in [6, 6.07) is 0. The SMILES string of the molecule is CC(C)[C@@H](C)/C=C/[C@@H](C)[C@H]1C[C@H](O)C2=C3[C@H](O)[C@@H]4O[C@@]45C[C@@H](O)CC[C@]5(C)[C@H]3CC[C@@]21C. The molecular weight excluding hydrogens is 400 g/mol. The molecule has 0 aromatic rings. The van der Waals surface area contributed by atoms with Gasteiger partial charge in [0.25, 0.3) is 0 Å². The van der Waals surface area contributed by atoms with Crippen LogP contribution in [0.2, 0.25) is 0 Å². The molecule has 180 valence electrons. The molecule has 0 radical (unpaired) electrons. The fourth-order valence-electron chi connectivity index (χ4n) is 8.49. The van der Waals surface area contributed by atoms with Crippen molar-refractivity contribution in [2.45, 2.75) is 110 Å². The highest BCUT2D eigenvalue weighted by molar-refractivity contribution is 5.45. The highest BCUT2D eigenvalue weighted by atomic mass is 16.6. The number of hydrogen-bond donors (Lipinski definition) is 3. The zero-order chi connectivity index (χ0) is 23.2. The van der Waals surface area contributed by atoms with E-state index in [0.717, 1.165) is 43.3 Å². The Hall–Kier alpha value is -0.680. The normalized spacial score (nSPS) is 51.8. The molecule has 0 bridgehead atoms. The molecule has 3 N–H and O–H groups in total. The minimum Gasteiger partial charge on any atom is -0.393 e. The lowest BCUT2D eigenvalue weighted by molar-refractivity contribution is -0.0518. The Morgan fingerprint density at radius 2 is 1.72 bits per heavy atom. The van der Waals surface area contributed by atoms with Gasteiger partial charge >= 0.3 is 0 Å². The molecular formula is C28H44O4. The Balaban J connectivity index is 1.51. The van der Waals surface area contributed by atoms with E-state index in [9.17, 15) is 15.3 Å². The first-order chi connectivity index (χ1) is 15.0. The molecule has 0 aromatic heterocycles. The molecule has 32 heavy (non-hydrogen) atoms. The number of epoxide rings is 1. The Kier molecular flexibility index (Phi) is 5.34. The van der Waals surface area contributed by atoms with Gasteiger partial charge < -0.3 is 20.1 Å². The Labute approximate surface area is 194 Å². The van der Waals surface area contributed by atoms with Gasteiger partial charge in [0.2, 0.25) is 0 Å². The third-order valence-corrected chi connectivity index (χ3v) is 10.9. The predicted octanol–water partition coefficient (Wildman–Crippen LogP) is 4.63. The van der Waals surface area contributed by atoms with E-state index < -0.39 is 12.2 Å². The van der Waals surface area contributed by atoms with Crippen LogP contribution in [0.25, 0.3) is 0 Å². The number of rotatable bonds is 4. The number of ether oxygens (including phenoxy) is 1. The topological polar surface area (TPSA) is 73.2 Å². The van der Waals surface area contributed by atoms with Crippen LogP contribution in [0.5, 0.6) is 0 Å². The molecule has 1 saturated heterocycles. The molecule has 4 heteroatoms. The van der Waals surface area contributed by atoms with Crippen molar-refractivity contribution in [3.8, 4) is 0 Å². The first-order valence-electron chi connectivity index (χ1n) is 13.1. The molecule has 11 atom stereocenters. The molecule has 1 heterocycles. The first-order valence-corrected chi connectivity index (χ1v) is 13.1. The van der Waals surface area contributed by atoms with Crippen molar-refractivity contribution in [3.05, 3.63) is 23.3 Å². The summed E-state index contributed by atoms with van der Waals surface area (Å²) in [6.07, 6.45) is 8.33. The molecule has 0 unspecified atom stereocenters. The highest BCUT2D eigenvalue weighted by Gasteiger charge is 2.77. The molecule has 3 saturated carbocycles. The second kappa shape index (κ2) is 7.41. The zero-order valence-corrected chi connectivity index (χ0v) is 20.8. The lowest BCUT2D eigenvalue weighted by Gasteiger charge is -2.56. The van der Waals surface area contributed by atoms with Crippen molar-refractivity contribution in [3.63, 3.8) is 0 Å². The van der Waals surface area contributed by atoms with Crippen LogP contribution in [0.4, 0.5) is 0 Å². The maximum absolute atomic E-state index is 11.5. The average molecular weight is 445 g/mol. The van der Waals surface area contributed by atoms with Crippen molar-refractivity contribution in [2.75, 3.05) is 0 Å². The van der Waals surface area contributed by atoms with E-state index in [2.05, 4.69) is 53.7 Å². The van der Waals surface area contributed by atoms with E-state index in [1.54, 1.807) is 0 Å². The van der Waals surface area contributed by atoms with Crippen molar-refractivity contribution in [2.24, 2.45) is 40.4 Å². The number of aliphatic hydroxyl groups excluding tert-OH is 3. The van der Waals surface area contributed by atoms with Crippen LogP contribution < -0.4 is 0 Å². The van der Waals surface area contributed by atoms with Crippen LogP contribution >= 0.6 is 0 Å². The van der Waals surface area contributed by atoms with E-state index in [1.807, 2.05) is 0 Å². The van der Waals surface area contributed by atoms with Gasteiger partial charge in [-0.2, -0.15) is 0 Å². The fourth-order valence-corrected chi connectivity index (χ4v) is 8.49. The summed E-state index contributed by atoms with van der Waals surface area (Å²) in [5.74, 6) is 2.20. The summed E-state index contributed by atoms with van der Waals surface area (Å²) in [5, 5.41) is 33.2. The molecule has 1 aliphatic heterocycles. The quantitative estimate of drug-likeness (QED) is 0.437. The third kappa shape index (κ3) is 2.95. The van der Waals surface area contributed by atoms with Crippen LogP contribution in [-0.4, -0.2) is 45.3 Å². The van der Waals surface area contributed by atoms with Crippen LogP contribution in [0.3, 0.4) is 0 Å². The highest BCUT2D eigenvalue weighted by Crippen LogP contribution is 2.72. The third-order valence-electron chi connectivity index (χ3n) is 10.9. The molecule has 5 rings (SSSR count). The number of fused-ring (bicyclic) bond motifs is 3. The van der Waals surface area contributed by atoms with E-state index in [0.29, 0.717) is 30.1 Å². The van der Waals surface area contributed by atoms with Gasteiger partial charge in [-0.1, -0.05) is 53.7 Å². The summed E-state index contributed by atoms with van der Waals surface area (Å²) < 4.78 is 6.29. The van der Waals surface area contributed by atoms with Crippen molar-refractivity contribution < 1.29 is 20.1 Å². The summed E-state index contributed by atoms with van der Waals surface area (Å²) in [7, 11) is 0. The van der Waals surface area contributed by atoms with Crippen LogP contribution in [0.1, 0.15) is 80.1 Å². The minimum absolute atomic E-state index is 0.0597. The molecule has 0 amide bonds. The molecule has 5 aliphatic rings. The number of hydrogen-bond acceptors (Lipinski definition) is 4. The summed E-state index contributed by atoms with van der Waals surface area (Å²) in [6.45, 7) is 13.8. The Bertz CT molecular complexity index is 831. The van der Waals surface area contributed by atoms with Gasteiger partial charge in [0.1, 0.15) is 17.8 Å². The van der Waals surface area contributed by atoms with Gasteiger partial charge in [0, 0.05) is 11.8 Å². The lowest BCUT2D eigenvalue weighted by atomic mass is 9.48. The van der Waals surface area contributed by atoms with Gasteiger partial charge in [-0.3, -0.25) is 0 Å². The summed E-state index contributed by atoms with van der Waals surface area (Å²) in [4.78, 5) is 0. The molecule has 4 nitrogen and oxygen atoms in total. The maximum atomic E-state index is 11.5. The average Bonchev–Trinajstić information content (AvgIpc) is 3.39. The van der Waals surface area contributed by atoms with E-state index in [-0.39, 0.29) is 34.6 Å². The Morgan fingerprint density at radius 3 is 2.41 bits per heavy atom. The first kappa shape index (κ1) is 23.1. The smallest absolute Gasteiger partial charge is 0.118 e. The second-order valence-electron chi connectivity index (χ2n) is 12.8. The summed E-state index contributed by atoms with van der Waals surface area (Å²) in [5.41, 5.74) is 1.74. The van der Waals surface area contributed by atoms with Gasteiger partial charge in [0.05, 0.1) is 12.2 Å². The molecule has 1 spiro atoms. The van der Waals surface area contributed by atoms with E-state index >= 15 is 0 Å². The van der Waals surface area contributed by atoms with Crippen molar-refractivity contribution in [1.82, 2.24) is 0 Å². The monoisotopic (exact) mass is 444 g/mol. The fraction of sp³-hybridized carbons (Fsp3) is 0.857. The van der Waals surface area contributed by atoms with Crippen LogP contribution in [-0.2, 0) is 4.74 Å². The largest absolute Gasteiger partial charge is 0.393 e. The number of allylic oxidation sites excluding steroid dienone is 2. The predicted molar refractivity (Wildman–Crippen MR) is 126 cm³/mol. The lowest BCUT2D eigenvalue weighted by Crippen LogP contribution is -2.58. The van der Waals surface area contributed by atoms with E-state index in [1.165, 1.54) is 0 Å². The van der Waals surface area contributed by atoms with Crippen LogP contribution in [0.15, 0.2) is 23.3 Å². The van der Waals surface area contributed by atoms with Crippen LogP contribution in [0, 0.1) is 40.4 Å². The van der Waals surface area contributed by atoms with E-state index in [4.69, 9.17) is 4.74 Å². The van der Waals surface area contributed by atoms with Gasteiger partial charge in [-0.05, 0) is 78.3 Å². The van der Waals surface area contributed by atoms with Gasteiger partial charge in [-0.15, -0.1) is 0 Å². The standard InChI is InChI=1S/C28H44O4/c1-15(2)16(3)7-8-17(4)20-13-21(30)23-22-19(10-11-26(20,23)5)27(6)12-9-18(29)14-28(27)25(32-28)24(22)31/h7-8,15-21,24-25,29-31H,9-14H2,1-6H3/b8-7+/t16-,17+,18-,19-,20+,21-,24-,25-,26+,27+,28-/m0/s1. The van der Waals surface area contributed by atoms with Gasteiger partial charge in [0.15, 0.2) is 0 Å². The summed E-state index contributed by atoms with van der Waals surface area (Å²) >= 11 is 0. The second-order valence-corrected chi connectivity index (χ2v) is 12.8. The van der Waals surface area contributed by atoms with Gasteiger partial charge in [-0.25, -0.2) is 0 Å². The molecule has 4 fully saturated rings. The number of aliphatic hydroxyl groups is 3. The zero-order valence-electron chi connectivity index (χ0n) is 20.8. The van der Waals surface area contributed by atoms with Crippen molar-refractivity contribution in [1.29, 1.82) is 0 Å². The maximum Gasteiger partial charge on any atom is 0.118 e. The van der Waals surface area contributed by atoms with Crippen molar-refractivity contribution >= 4 is 0 Å². The Morgan fingerprint density at radius 1 is 1.00 bits per heavy atom. The minimum atomic E-state index is -0.645. The molecule has 0 aromatic carbocycles. The molecule has 4 aliphatic carbocycles.